The SMILES string of the molecule is Cc1cccc(NS(=O)(=O)c2cc(-c3noc(C)n3)sc2C)c1. The molecule has 1 N–H and O–H groups in total. The monoisotopic (exact) mass is 349 g/mol. The van der Waals surface area contributed by atoms with E-state index in [1.54, 1.807) is 38.1 Å². The molecule has 1 aromatic carbocycles. The largest absolute Gasteiger partial charge is 0.339 e. The third-order valence-corrected chi connectivity index (χ3v) is 5.86. The quantitative estimate of drug-likeness (QED) is 0.779. The second-order valence-corrected chi connectivity index (χ2v) is 8.05. The number of thiophene rings is 1. The Morgan fingerprint density at radius 1 is 1.17 bits per heavy atom. The molecule has 0 aliphatic rings. The fourth-order valence-electron chi connectivity index (χ4n) is 2.16. The van der Waals surface area contributed by atoms with Gasteiger partial charge in [0.05, 0.1) is 4.88 Å². The Balaban J connectivity index is 1.95. The minimum absolute atomic E-state index is 0.224. The highest BCUT2D eigenvalue weighted by molar-refractivity contribution is 7.93. The summed E-state index contributed by atoms with van der Waals surface area (Å²) in [6.07, 6.45) is 0. The van der Waals surface area contributed by atoms with Crippen molar-refractivity contribution in [3.8, 4) is 10.7 Å². The number of nitrogens with one attached hydrogen (secondary N) is 1. The van der Waals surface area contributed by atoms with Gasteiger partial charge in [-0.3, -0.25) is 4.72 Å². The van der Waals surface area contributed by atoms with E-state index in [4.69, 9.17) is 4.52 Å². The minimum atomic E-state index is -3.67. The van der Waals surface area contributed by atoms with Gasteiger partial charge in [-0.2, -0.15) is 4.98 Å². The van der Waals surface area contributed by atoms with Crippen molar-refractivity contribution in [1.29, 1.82) is 0 Å². The van der Waals surface area contributed by atoms with Crippen LogP contribution in [0.1, 0.15) is 16.3 Å². The first kappa shape index (κ1) is 15.7. The lowest BCUT2D eigenvalue weighted by Gasteiger charge is -2.08. The van der Waals surface area contributed by atoms with Gasteiger partial charge in [-0.15, -0.1) is 11.3 Å². The maximum Gasteiger partial charge on any atom is 0.263 e. The fraction of sp³-hybridized carbons (Fsp3) is 0.200. The summed E-state index contributed by atoms with van der Waals surface area (Å²) in [5.41, 5.74) is 1.52. The Morgan fingerprint density at radius 3 is 2.61 bits per heavy atom. The number of aryl methyl sites for hydroxylation is 3. The summed E-state index contributed by atoms with van der Waals surface area (Å²) in [5, 5.41) is 3.83. The Labute approximate surface area is 138 Å². The van der Waals surface area contributed by atoms with Crippen molar-refractivity contribution in [1.82, 2.24) is 10.1 Å². The smallest absolute Gasteiger partial charge is 0.263 e. The number of hydrogen-bond donors (Lipinski definition) is 1. The van der Waals surface area contributed by atoms with Crippen molar-refractivity contribution >= 4 is 27.0 Å². The van der Waals surface area contributed by atoms with E-state index in [2.05, 4.69) is 14.9 Å². The van der Waals surface area contributed by atoms with Crippen LogP contribution in [0.15, 0.2) is 39.8 Å². The zero-order valence-electron chi connectivity index (χ0n) is 12.8. The first-order valence-electron chi connectivity index (χ1n) is 6.86. The molecule has 2 aromatic heterocycles. The number of anilines is 1. The van der Waals surface area contributed by atoms with Crippen LogP contribution in [-0.2, 0) is 10.0 Å². The Kier molecular flexibility index (Phi) is 3.95. The van der Waals surface area contributed by atoms with Crippen LogP contribution in [0.5, 0.6) is 0 Å². The third kappa shape index (κ3) is 3.27. The zero-order chi connectivity index (χ0) is 16.6. The zero-order valence-corrected chi connectivity index (χ0v) is 14.5. The van der Waals surface area contributed by atoms with Gasteiger partial charge >= 0.3 is 0 Å². The molecule has 6 nitrogen and oxygen atoms in total. The van der Waals surface area contributed by atoms with Crippen LogP contribution in [0, 0.1) is 20.8 Å². The van der Waals surface area contributed by atoms with Gasteiger partial charge in [-0.25, -0.2) is 8.42 Å². The summed E-state index contributed by atoms with van der Waals surface area (Å²) in [6, 6.07) is 8.78. The molecule has 0 radical (unpaired) electrons. The van der Waals surface area contributed by atoms with Gasteiger partial charge in [0.2, 0.25) is 11.7 Å². The molecule has 0 fully saturated rings. The van der Waals surface area contributed by atoms with Crippen LogP contribution in [0.25, 0.3) is 10.7 Å². The summed E-state index contributed by atoms with van der Waals surface area (Å²) >= 11 is 1.32. The van der Waals surface area contributed by atoms with E-state index >= 15 is 0 Å². The van der Waals surface area contributed by atoms with Gasteiger partial charge < -0.3 is 4.52 Å². The predicted octanol–water partition coefficient (Wildman–Crippen LogP) is 3.52. The molecule has 0 amide bonds. The number of hydrogen-bond acceptors (Lipinski definition) is 6. The van der Waals surface area contributed by atoms with Crippen LogP contribution in [0.3, 0.4) is 0 Å². The van der Waals surface area contributed by atoms with Crippen molar-refractivity contribution in [2.45, 2.75) is 25.7 Å². The van der Waals surface area contributed by atoms with Gasteiger partial charge in [0.25, 0.3) is 10.0 Å². The molecule has 0 atom stereocenters. The molecule has 0 saturated carbocycles. The molecule has 0 saturated heterocycles. The van der Waals surface area contributed by atoms with Crippen LogP contribution in [0.2, 0.25) is 0 Å². The number of benzene rings is 1. The van der Waals surface area contributed by atoms with Crippen LogP contribution in [0.4, 0.5) is 5.69 Å². The molecule has 0 spiro atoms. The second kappa shape index (κ2) is 5.78. The molecule has 0 unspecified atom stereocenters. The van der Waals surface area contributed by atoms with Crippen LogP contribution in [-0.4, -0.2) is 18.6 Å². The highest BCUT2D eigenvalue weighted by Crippen LogP contribution is 2.33. The van der Waals surface area contributed by atoms with Gasteiger partial charge in [-0.1, -0.05) is 17.3 Å². The first-order chi connectivity index (χ1) is 10.8. The maximum atomic E-state index is 12.6. The molecule has 2 heterocycles. The van der Waals surface area contributed by atoms with E-state index in [1.165, 1.54) is 11.3 Å². The molecule has 8 heteroatoms. The van der Waals surface area contributed by atoms with E-state index < -0.39 is 10.0 Å². The Morgan fingerprint density at radius 2 is 1.96 bits per heavy atom. The standard InChI is InChI=1S/C15H15N3O3S2/c1-9-5-4-6-12(7-9)18-23(19,20)14-8-13(22-10(14)2)15-16-11(3)21-17-15/h4-8,18H,1-3H3. The normalized spacial score (nSPS) is 11.6. The van der Waals surface area contributed by atoms with E-state index in [1.807, 2.05) is 13.0 Å². The summed E-state index contributed by atoms with van der Waals surface area (Å²) in [5.74, 6) is 0.834. The minimum Gasteiger partial charge on any atom is -0.339 e. The second-order valence-electron chi connectivity index (χ2n) is 5.14. The van der Waals surface area contributed by atoms with Crippen molar-refractivity contribution in [3.05, 3.63) is 46.7 Å². The molecule has 0 aliphatic carbocycles. The van der Waals surface area contributed by atoms with Crippen molar-refractivity contribution in [2.75, 3.05) is 4.72 Å². The highest BCUT2D eigenvalue weighted by Gasteiger charge is 2.22. The number of sulfonamides is 1. The van der Waals surface area contributed by atoms with Gasteiger partial charge in [0.15, 0.2) is 0 Å². The van der Waals surface area contributed by atoms with Crippen molar-refractivity contribution in [2.24, 2.45) is 0 Å². The van der Waals surface area contributed by atoms with Gasteiger partial charge in [0.1, 0.15) is 4.90 Å². The van der Waals surface area contributed by atoms with E-state index in [0.717, 1.165) is 5.56 Å². The topological polar surface area (TPSA) is 85.1 Å². The molecule has 120 valence electrons. The summed E-state index contributed by atoms with van der Waals surface area (Å²) in [7, 11) is -3.67. The lowest BCUT2D eigenvalue weighted by Crippen LogP contribution is -2.13. The molecular weight excluding hydrogens is 334 g/mol. The average molecular weight is 349 g/mol. The maximum absolute atomic E-state index is 12.6. The first-order valence-corrected chi connectivity index (χ1v) is 9.16. The number of aromatic nitrogens is 2. The molecule has 0 bridgehead atoms. The lowest BCUT2D eigenvalue weighted by molar-refractivity contribution is 0.394. The molecule has 23 heavy (non-hydrogen) atoms. The average Bonchev–Trinajstić information content (AvgIpc) is 3.04. The van der Waals surface area contributed by atoms with Crippen LogP contribution >= 0.6 is 11.3 Å². The number of rotatable bonds is 4. The fourth-order valence-corrected chi connectivity index (χ4v) is 4.73. The Bertz CT molecular complexity index is 958. The molecule has 0 aliphatic heterocycles. The Hall–Kier alpha value is -2.19. The molecule has 3 rings (SSSR count). The highest BCUT2D eigenvalue weighted by atomic mass is 32.2. The summed E-state index contributed by atoms with van der Waals surface area (Å²) in [6.45, 7) is 5.35. The van der Waals surface area contributed by atoms with E-state index in [0.29, 0.717) is 27.2 Å². The summed E-state index contributed by atoms with van der Waals surface area (Å²) < 4.78 is 32.8. The van der Waals surface area contributed by atoms with E-state index in [9.17, 15) is 8.42 Å². The molecular formula is C15H15N3O3S2. The van der Waals surface area contributed by atoms with Crippen molar-refractivity contribution < 1.29 is 12.9 Å². The van der Waals surface area contributed by atoms with Gasteiger partial charge in [0, 0.05) is 17.5 Å². The summed E-state index contributed by atoms with van der Waals surface area (Å²) in [4.78, 5) is 5.68. The molecule has 3 aromatic rings. The van der Waals surface area contributed by atoms with Crippen molar-refractivity contribution in [3.63, 3.8) is 0 Å². The lowest BCUT2D eigenvalue weighted by atomic mass is 10.2. The predicted molar refractivity (Wildman–Crippen MR) is 89.1 cm³/mol. The van der Waals surface area contributed by atoms with Gasteiger partial charge in [-0.05, 0) is 37.6 Å². The van der Waals surface area contributed by atoms with Crippen LogP contribution < -0.4 is 4.72 Å². The van der Waals surface area contributed by atoms with E-state index in [-0.39, 0.29) is 4.90 Å². The number of nitrogens with zero attached hydrogens (tertiary/aromatic N) is 2. The third-order valence-electron chi connectivity index (χ3n) is 3.18.